The van der Waals surface area contributed by atoms with Gasteiger partial charge in [-0.05, 0) is 36.4 Å². The van der Waals surface area contributed by atoms with E-state index in [1.165, 1.54) is 0 Å². The molecule has 1 saturated heterocycles. The van der Waals surface area contributed by atoms with E-state index >= 15 is 0 Å². The summed E-state index contributed by atoms with van der Waals surface area (Å²) in [6, 6.07) is 28.2. The maximum absolute atomic E-state index is 10.5. The first-order chi connectivity index (χ1) is 13.8. The molecule has 1 aliphatic heterocycles. The molecule has 0 radical (unpaired) electrons. The minimum atomic E-state index is -1.13. The van der Waals surface area contributed by atoms with Gasteiger partial charge in [0.15, 0.2) is 18.5 Å². The molecular formula is C23H22O5. The third-order valence-electron chi connectivity index (χ3n) is 4.47. The van der Waals surface area contributed by atoms with E-state index in [2.05, 4.69) is 0 Å². The Balaban J connectivity index is 1.52. The van der Waals surface area contributed by atoms with Crippen LogP contribution in [0.3, 0.4) is 0 Å². The summed E-state index contributed by atoms with van der Waals surface area (Å²) in [5, 5.41) is 10.5. The molecule has 0 aromatic heterocycles. The lowest BCUT2D eigenvalue weighted by Gasteiger charge is -2.25. The number of benzene rings is 3. The van der Waals surface area contributed by atoms with E-state index < -0.39 is 24.6 Å². The summed E-state index contributed by atoms with van der Waals surface area (Å²) < 4.78 is 23.7. The Kier molecular flexibility index (Phi) is 5.75. The maximum Gasteiger partial charge on any atom is 0.196 e. The van der Waals surface area contributed by atoms with E-state index in [9.17, 15) is 5.11 Å². The Labute approximate surface area is 164 Å². The van der Waals surface area contributed by atoms with Crippen LogP contribution in [0.1, 0.15) is 0 Å². The lowest BCUT2D eigenvalue weighted by molar-refractivity contribution is -0.126. The SMILES string of the molecule is OC1OC(COc2ccccc2)C(Oc2ccccc2)C1Oc1ccccc1. The fourth-order valence-corrected chi connectivity index (χ4v) is 3.12. The molecule has 28 heavy (non-hydrogen) atoms. The van der Waals surface area contributed by atoms with Gasteiger partial charge >= 0.3 is 0 Å². The number of ether oxygens (including phenoxy) is 4. The van der Waals surface area contributed by atoms with Crippen molar-refractivity contribution in [3.05, 3.63) is 91.0 Å². The van der Waals surface area contributed by atoms with Crippen LogP contribution >= 0.6 is 0 Å². The van der Waals surface area contributed by atoms with Crippen molar-refractivity contribution in [3.63, 3.8) is 0 Å². The average molecular weight is 378 g/mol. The van der Waals surface area contributed by atoms with Gasteiger partial charge in [-0.15, -0.1) is 0 Å². The smallest absolute Gasteiger partial charge is 0.196 e. The maximum atomic E-state index is 10.5. The van der Waals surface area contributed by atoms with E-state index in [1.54, 1.807) is 0 Å². The van der Waals surface area contributed by atoms with Gasteiger partial charge in [-0.2, -0.15) is 0 Å². The van der Waals surface area contributed by atoms with Crippen molar-refractivity contribution in [1.82, 2.24) is 0 Å². The fraction of sp³-hybridized carbons (Fsp3) is 0.217. The predicted octanol–water partition coefficient (Wildman–Crippen LogP) is 3.68. The van der Waals surface area contributed by atoms with Crippen molar-refractivity contribution in [2.75, 3.05) is 6.61 Å². The summed E-state index contributed by atoms with van der Waals surface area (Å²) in [5.41, 5.74) is 0. The molecule has 0 amide bonds. The van der Waals surface area contributed by atoms with Crippen molar-refractivity contribution in [1.29, 1.82) is 0 Å². The zero-order chi connectivity index (χ0) is 19.2. The third kappa shape index (κ3) is 4.44. The molecule has 1 aliphatic rings. The first kappa shape index (κ1) is 18.3. The molecular weight excluding hydrogens is 356 g/mol. The van der Waals surface area contributed by atoms with Crippen LogP contribution in [0.2, 0.25) is 0 Å². The lowest BCUT2D eigenvalue weighted by atomic mass is 10.1. The molecule has 3 aromatic rings. The number of hydrogen-bond donors (Lipinski definition) is 1. The van der Waals surface area contributed by atoms with Crippen LogP contribution in [0.4, 0.5) is 0 Å². The fourth-order valence-electron chi connectivity index (χ4n) is 3.12. The molecule has 0 saturated carbocycles. The first-order valence-electron chi connectivity index (χ1n) is 9.24. The Morgan fingerprint density at radius 3 is 1.64 bits per heavy atom. The van der Waals surface area contributed by atoms with Gasteiger partial charge in [0.25, 0.3) is 0 Å². The van der Waals surface area contributed by atoms with E-state index in [0.717, 1.165) is 5.75 Å². The van der Waals surface area contributed by atoms with Crippen molar-refractivity contribution in [2.45, 2.75) is 24.6 Å². The Morgan fingerprint density at radius 1 is 0.643 bits per heavy atom. The summed E-state index contributed by atoms with van der Waals surface area (Å²) in [6.07, 6.45) is -2.85. The summed E-state index contributed by atoms with van der Waals surface area (Å²) >= 11 is 0. The number of aliphatic hydroxyl groups excluding tert-OH is 1. The molecule has 1 N–H and O–H groups in total. The zero-order valence-corrected chi connectivity index (χ0v) is 15.3. The average Bonchev–Trinajstić information content (AvgIpc) is 3.03. The van der Waals surface area contributed by atoms with Gasteiger partial charge in [-0.3, -0.25) is 0 Å². The summed E-state index contributed by atoms with van der Waals surface area (Å²) in [6.45, 7) is 0.229. The highest BCUT2D eigenvalue weighted by Gasteiger charge is 2.48. The van der Waals surface area contributed by atoms with Gasteiger partial charge in [0.1, 0.15) is 30.0 Å². The van der Waals surface area contributed by atoms with Gasteiger partial charge in [-0.1, -0.05) is 54.6 Å². The quantitative estimate of drug-likeness (QED) is 0.680. The predicted molar refractivity (Wildman–Crippen MR) is 105 cm³/mol. The number of rotatable bonds is 7. The van der Waals surface area contributed by atoms with Crippen LogP contribution in [0.5, 0.6) is 17.2 Å². The molecule has 5 nitrogen and oxygen atoms in total. The van der Waals surface area contributed by atoms with Gasteiger partial charge in [0, 0.05) is 0 Å². The minimum absolute atomic E-state index is 0.229. The Hall–Kier alpha value is -3.02. The summed E-state index contributed by atoms with van der Waals surface area (Å²) in [5.74, 6) is 2.05. The number of aliphatic hydroxyl groups is 1. The van der Waals surface area contributed by atoms with Gasteiger partial charge in [-0.25, -0.2) is 0 Å². The molecule has 1 heterocycles. The van der Waals surface area contributed by atoms with Crippen LogP contribution in [0.25, 0.3) is 0 Å². The van der Waals surface area contributed by atoms with Crippen LogP contribution in [0.15, 0.2) is 91.0 Å². The Morgan fingerprint density at radius 2 is 1.11 bits per heavy atom. The molecule has 0 spiro atoms. The molecule has 0 bridgehead atoms. The molecule has 0 aliphatic carbocycles. The van der Waals surface area contributed by atoms with E-state index in [4.69, 9.17) is 18.9 Å². The lowest BCUT2D eigenvalue weighted by Crippen LogP contribution is -2.43. The molecule has 5 heteroatoms. The van der Waals surface area contributed by atoms with Crippen molar-refractivity contribution in [3.8, 4) is 17.2 Å². The molecule has 144 valence electrons. The largest absolute Gasteiger partial charge is 0.491 e. The van der Waals surface area contributed by atoms with Crippen molar-refractivity contribution >= 4 is 0 Å². The van der Waals surface area contributed by atoms with Crippen molar-refractivity contribution < 1.29 is 24.1 Å². The molecule has 1 fully saturated rings. The summed E-state index contributed by atoms with van der Waals surface area (Å²) in [4.78, 5) is 0. The molecule has 3 aromatic carbocycles. The number of para-hydroxylation sites is 3. The van der Waals surface area contributed by atoms with Crippen LogP contribution < -0.4 is 14.2 Å². The second-order valence-electron chi connectivity index (χ2n) is 6.48. The first-order valence-corrected chi connectivity index (χ1v) is 9.24. The third-order valence-corrected chi connectivity index (χ3v) is 4.47. The second-order valence-corrected chi connectivity index (χ2v) is 6.48. The highest BCUT2D eigenvalue weighted by Crippen LogP contribution is 2.29. The molecule has 4 unspecified atom stereocenters. The highest BCUT2D eigenvalue weighted by atomic mass is 16.7. The van der Waals surface area contributed by atoms with Crippen LogP contribution in [-0.4, -0.2) is 36.3 Å². The topological polar surface area (TPSA) is 57.2 Å². The van der Waals surface area contributed by atoms with E-state index in [0.29, 0.717) is 11.5 Å². The zero-order valence-electron chi connectivity index (χ0n) is 15.3. The Bertz CT molecular complexity index is 841. The molecule has 4 rings (SSSR count). The standard InChI is InChI=1S/C23H22O5/c24-23-22(27-19-14-8-3-9-15-19)21(26-18-12-6-2-7-13-18)20(28-23)16-25-17-10-4-1-5-11-17/h1-15,20-24H,16H2. The van der Waals surface area contributed by atoms with Gasteiger partial charge in [0.05, 0.1) is 0 Å². The number of hydrogen-bond acceptors (Lipinski definition) is 5. The monoisotopic (exact) mass is 378 g/mol. The van der Waals surface area contributed by atoms with E-state index in [1.807, 2.05) is 91.0 Å². The van der Waals surface area contributed by atoms with Crippen LogP contribution in [-0.2, 0) is 4.74 Å². The van der Waals surface area contributed by atoms with Crippen LogP contribution in [0, 0.1) is 0 Å². The van der Waals surface area contributed by atoms with E-state index in [-0.39, 0.29) is 6.61 Å². The molecule has 4 atom stereocenters. The second kappa shape index (κ2) is 8.78. The van der Waals surface area contributed by atoms with Gasteiger partial charge in [0.2, 0.25) is 0 Å². The normalized spacial score (nSPS) is 23.9. The van der Waals surface area contributed by atoms with Gasteiger partial charge < -0.3 is 24.1 Å². The highest BCUT2D eigenvalue weighted by molar-refractivity contribution is 5.24. The minimum Gasteiger partial charge on any atom is -0.491 e. The van der Waals surface area contributed by atoms with Crippen molar-refractivity contribution in [2.24, 2.45) is 0 Å². The summed E-state index contributed by atoms with van der Waals surface area (Å²) in [7, 11) is 0.